The molecule has 1 aromatic carbocycles. The van der Waals surface area contributed by atoms with Crippen LogP contribution in [0.3, 0.4) is 0 Å². The molecule has 2 N–H and O–H groups in total. The maximum atomic E-state index is 9.33. The summed E-state index contributed by atoms with van der Waals surface area (Å²) in [6.45, 7) is 9.82. The number of benzene rings is 1. The van der Waals surface area contributed by atoms with E-state index in [4.69, 9.17) is 0 Å². The summed E-state index contributed by atoms with van der Waals surface area (Å²) in [6, 6.07) is 10.2. The zero-order valence-electron chi connectivity index (χ0n) is 17.0. The Balaban J connectivity index is 1.71. The fourth-order valence-electron chi connectivity index (χ4n) is 3.86. The second-order valence-corrected chi connectivity index (χ2v) is 7.46. The van der Waals surface area contributed by atoms with Crippen molar-refractivity contribution in [1.82, 2.24) is 20.5 Å². The normalized spacial score (nSPS) is 15.2. The minimum absolute atomic E-state index is 0.0145. The van der Waals surface area contributed by atoms with Crippen LogP contribution in [0, 0.1) is 25.2 Å². The van der Waals surface area contributed by atoms with Crippen molar-refractivity contribution in [2.24, 2.45) is 0 Å². The largest absolute Gasteiger partial charge is 0.362 e. The van der Waals surface area contributed by atoms with Crippen molar-refractivity contribution in [3.63, 3.8) is 0 Å². The van der Waals surface area contributed by atoms with Gasteiger partial charge in [0.1, 0.15) is 5.82 Å². The Morgan fingerprint density at radius 1 is 1.17 bits per heavy atom. The van der Waals surface area contributed by atoms with Crippen molar-refractivity contribution >= 4 is 22.4 Å². The number of pyridine rings is 1. The molecular weight excluding hydrogens is 362 g/mol. The van der Waals surface area contributed by atoms with Crippen LogP contribution in [0.15, 0.2) is 30.5 Å². The average molecular weight is 387 g/mol. The molecule has 3 aromatic rings. The summed E-state index contributed by atoms with van der Waals surface area (Å²) in [6.07, 6.45) is 1.90. The summed E-state index contributed by atoms with van der Waals surface area (Å²) in [4.78, 5) is 6.96. The number of nitrogens with one attached hydrogen (secondary N) is 2. The Morgan fingerprint density at radius 3 is 2.72 bits per heavy atom. The van der Waals surface area contributed by atoms with Crippen LogP contribution in [-0.2, 0) is 0 Å². The van der Waals surface area contributed by atoms with Crippen molar-refractivity contribution in [2.75, 3.05) is 36.4 Å². The SMILES string of the molecule is Cc1c(C#N)cccc1C(C)Nc1nnc(C)c2cnc(N3CCNCC3)cc12. The van der Waals surface area contributed by atoms with Gasteiger partial charge < -0.3 is 15.5 Å². The van der Waals surface area contributed by atoms with Crippen LogP contribution in [0.2, 0.25) is 0 Å². The molecule has 1 fully saturated rings. The molecule has 0 bridgehead atoms. The number of aromatic nitrogens is 3. The molecule has 3 heterocycles. The number of hydrogen-bond donors (Lipinski definition) is 2. The second-order valence-electron chi connectivity index (χ2n) is 7.46. The maximum absolute atomic E-state index is 9.33. The Labute approximate surface area is 170 Å². The molecule has 1 aliphatic heterocycles. The highest BCUT2D eigenvalue weighted by Gasteiger charge is 2.17. The fraction of sp³-hybridized carbons (Fsp3) is 0.364. The number of piperazine rings is 1. The molecule has 1 atom stereocenters. The first-order valence-corrected chi connectivity index (χ1v) is 9.93. The first kappa shape index (κ1) is 19.1. The van der Waals surface area contributed by atoms with Gasteiger partial charge in [-0.2, -0.15) is 10.4 Å². The number of anilines is 2. The van der Waals surface area contributed by atoms with Crippen LogP contribution in [-0.4, -0.2) is 41.4 Å². The number of rotatable bonds is 4. The predicted octanol–water partition coefficient (Wildman–Crippen LogP) is 3.10. The molecule has 1 saturated heterocycles. The van der Waals surface area contributed by atoms with Crippen molar-refractivity contribution < 1.29 is 0 Å². The third-order valence-corrected chi connectivity index (χ3v) is 5.59. The van der Waals surface area contributed by atoms with Gasteiger partial charge in [0, 0.05) is 43.1 Å². The topological polar surface area (TPSA) is 89.8 Å². The van der Waals surface area contributed by atoms with E-state index in [9.17, 15) is 5.26 Å². The monoisotopic (exact) mass is 387 g/mol. The third kappa shape index (κ3) is 3.71. The van der Waals surface area contributed by atoms with Gasteiger partial charge in [-0.3, -0.25) is 0 Å². The van der Waals surface area contributed by atoms with E-state index in [0.29, 0.717) is 5.56 Å². The summed E-state index contributed by atoms with van der Waals surface area (Å²) in [5, 5.41) is 27.0. The Kier molecular flexibility index (Phi) is 5.28. The van der Waals surface area contributed by atoms with Gasteiger partial charge in [0.15, 0.2) is 5.82 Å². The summed E-state index contributed by atoms with van der Waals surface area (Å²) in [5.74, 6) is 1.70. The van der Waals surface area contributed by atoms with E-state index in [2.05, 4.69) is 49.8 Å². The Morgan fingerprint density at radius 2 is 1.97 bits per heavy atom. The van der Waals surface area contributed by atoms with Gasteiger partial charge in [0.2, 0.25) is 0 Å². The van der Waals surface area contributed by atoms with Crippen LogP contribution in [0.4, 0.5) is 11.6 Å². The first-order valence-electron chi connectivity index (χ1n) is 9.93. The van der Waals surface area contributed by atoms with Crippen molar-refractivity contribution in [3.05, 3.63) is 52.8 Å². The van der Waals surface area contributed by atoms with Gasteiger partial charge in [-0.05, 0) is 44.0 Å². The number of aryl methyl sites for hydroxylation is 1. The average Bonchev–Trinajstić information content (AvgIpc) is 2.76. The molecule has 2 aromatic heterocycles. The van der Waals surface area contributed by atoms with E-state index in [1.165, 1.54) is 0 Å². The molecule has 0 saturated carbocycles. The molecule has 1 unspecified atom stereocenters. The Hall–Kier alpha value is -3.24. The van der Waals surface area contributed by atoms with Crippen LogP contribution >= 0.6 is 0 Å². The van der Waals surface area contributed by atoms with E-state index in [1.54, 1.807) is 0 Å². The number of hydrogen-bond acceptors (Lipinski definition) is 7. The lowest BCUT2D eigenvalue weighted by atomic mass is 9.98. The third-order valence-electron chi connectivity index (χ3n) is 5.59. The highest BCUT2D eigenvalue weighted by molar-refractivity contribution is 5.94. The van der Waals surface area contributed by atoms with Gasteiger partial charge in [-0.15, -0.1) is 5.10 Å². The van der Waals surface area contributed by atoms with Gasteiger partial charge in [0.25, 0.3) is 0 Å². The zero-order chi connectivity index (χ0) is 20.4. The molecule has 29 heavy (non-hydrogen) atoms. The Bertz CT molecular complexity index is 1080. The minimum atomic E-state index is -0.0145. The number of nitriles is 1. The molecular formula is C22H25N7. The maximum Gasteiger partial charge on any atom is 0.157 e. The van der Waals surface area contributed by atoms with Gasteiger partial charge in [-0.1, -0.05) is 12.1 Å². The fourth-order valence-corrected chi connectivity index (χ4v) is 3.86. The lowest BCUT2D eigenvalue weighted by Crippen LogP contribution is -2.43. The van der Waals surface area contributed by atoms with Gasteiger partial charge >= 0.3 is 0 Å². The molecule has 0 amide bonds. The summed E-state index contributed by atoms with van der Waals surface area (Å²) in [7, 11) is 0. The van der Waals surface area contributed by atoms with Crippen molar-refractivity contribution in [2.45, 2.75) is 26.8 Å². The quantitative estimate of drug-likeness (QED) is 0.711. The number of fused-ring (bicyclic) bond motifs is 1. The molecule has 7 nitrogen and oxygen atoms in total. The van der Waals surface area contributed by atoms with Crippen LogP contribution in [0.5, 0.6) is 0 Å². The molecule has 0 spiro atoms. The first-order chi connectivity index (χ1) is 14.1. The summed E-state index contributed by atoms with van der Waals surface area (Å²) < 4.78 is 0. The highest BCUT2D eigenvalue weighted by Crippen LogP contribution is 2.30. The van der Waals surface area contributed by atoms with E-state index in [-0.39, 0.29) is 6.04 Å². The lowest BCUT2D eigenvalue weighted by molar-refractivity contribution is 0.585. The molecule has 1 aliphatic rings. The molecule has 4 rings (SSSR count). The second kappa shape index (κ2) is 8.02. The highest BCUT2D eigenvalue weighted by atomic mass is 15.2. The summed E-state index contributed by atoms with van der Waals surface area (Å²) >= 11 is 0. The minimum Gasteiger partial charge on any atom is -0.362 e. The van der Waals surface area contributed by atoms with E-state index in [0.717, 1.165) is 65.4 Å². The van der Waals surface area contributed by atoms with E-state index < -0.39 is 0 Å². The predicted molar refractivity (Wildman–Crippen MR) is 115 cm³/mol. The zero-order valence-corrected chi connectivity index (χ0v) is 17.0. The molecule has 0 aliphatic carbocycles. The van der Waals surface area contributed by atoms with Crippen LogP contribution in [0.25, 0.3) is 10.8 Å². The van der Waals surface area contributed by atoms with E-state index >= 15 is 0 Å². The molecule has 0 radical (unpaired) electrons. The van der Waals surface area contributed by atoms with E-state index in [1.807, 2.05) is 38.2 Å². The standard InChI is InChI=1S/C22H25N7/c1-14-17(12-23)5-4-6-18(14)15(2)26-22-19-11-21(29-9-7-24-8-10-29)25-13-20(19)16(3)27-28-22/h4-6,11,13,15,24H,7-10H2,1-3H3,(H,26,28). The molecule has 7 heteroatoms. The molecule has 148 valence electrons. The number of nitrogens with zero attached hydrogens (tertiary/aromatic N) is 5. The van der Waals surface area contributed by atoms with Crippen LogP contribution in [0.1, 0.15) is 35.3 Å². The smallest absolute Gasteiger partial charge is 0.157 e. The van der Waals surface area contributed by atoms with Crippen LogP contribution < -0.4 is 15.5 Å². The lowest BCUT2D eigenvalue weighted by Gasteiger charge is -2.28. The van der Waals surface area contributed by atoms with Crippen molar-refractivity contribution in [3.8, 4) is 6.07 Å². The summed E-state index contributed by atoms with van der Waals surface area (Å²) in [5.41, 5.74) is 3.62. The van der Waals surface area contributed by atoms with Crippen molar-refractivity contribution in [1.29, 1.82) is 5.26 Å². The van der Waals surface area contributed by atoms with Gasteiger partial charge in [0.05, 0.1) is 23.4 Å². The van der Waals surface area contributed by atoms with Gasteiger partial charge in [-0.25, -0.2) is 4.98 Å².